The van der Waals surface area contributed by atoms with Crippen LogP contribution in [-0.4, -0.2) is 20.6 Å². The Morgan fingerprint density at radius 2 is 2.04 bits per heavy atom. The molecule has 2 heterocycles. The van der Waals surface area contributed by atoms with Crippen molar-refractivity contribution >= 4 is 39.1 Å². The van der Waals surface area contributed by atoms with Crippen molar-refractivity contribution in [2.75, 3.05) is 0 Å². The molecule has 2 aliphatic carbocycles. The molecule has 0 aromatic carbocycles. The lowest BCUT2D eigenvalue weighted by atomic mass is 10.1. The third-order valence-electron chi connectivity index (χ3n) is 5.10. The Morgan fingerprint density at radius 1 is 1.20 bits per heavy atom. The van der Waals surface area contributed by atoms with Gasteiger partial charge in [-0.3, -0.25) is 14.2 Å². The monoisotopic (exact) mass is 374 g/mol. The van der Waals surface area contributed by atoms with Gasteiger partial charge in [-0.2, -0.15) is 0 Å². The van der Waals surface area contributed by atoms with Gasteiger partial charge in [0.2, 0.25) is 0 Å². The van der Waals surface area contributed by atoms with E-state index in [0.717, 1.165) is 42.3 Å². The molecule has 0 spiro atoms. The van der Waals surface area contributed by atoms with Gasteiger partial charge in [-0.05, 0) is 44.1 Å². The second kappa shape index (κ2) is 7.08. The maximum absolute atomic E-state index is 13.2. The number of nitrogens with zero attached hydrogens (tertiary/aromatic N) is 2. The molecule has 132 valence electrons. The summed E-state index contributed by atoms with van der Waals surface area (Å²) >= 11 is 3.14. The normalized spacial score (nSPS) is 20.6. The fraction of sp³-hybridized carbons (Fsp3) is 0.526. The Morgan fingerprint density at radius 3 is 2.80 bits per heavy atom. The topological polar surface area (TPSA) is 52.0 Å². The van der Waals surface area contributed by atoms with Crippen molar-refractivity contribution in [3.05, 3.63) is 33.4 Å². The summed E-state index contributed by atoms with van der Waals surface area (Å²) in [7, 11) is 0. The first kappa shape index (κ1) is 17.0. The van der Waals surface area contributed by atoms with E-state index in [4.69, 9.17) is 4.98 Å². The van der Waals surface area contributed by atoms with Crippen molar-refractivity contribution in [2.45, 2.75) is 68.3 Å². The highest BCUT2D eigenvalue weighted by molar-refractivity contribution is 8.00. The molecule has 0 radical (unpaired) electrons. The number of fused-ring (bicyclic) bond motifs is 3. The molecule has 0 amide bonds. The number of hydrogen-bond donors (Lipinski definition) is 0. The molecule has 6 heteroatoms. The summed E-state index contributed by atoms with van der Waals surface area (Å²) in [5.74, 6) is 0.284. The number of rotatable bonds is 4. The molecule has 0 bridgehead atoms. The zero-order chi connectivity index (χ0) is 17.4. The van der Waals surface area contributed by atoms with Gasteiger partial charge in [-0.25, -0.2) is 4.98 Å². The number of aromatic nitrogens is 2. The van der Waals surface area contributed by atoms with Gasteiger partial charge in [0, 0.05) is 17.8 Å². The molecule has 1 atom stereocenters. The van der Waals surface area contributed by atoms with Gasteiger partial charge in [0.1, 0.15) is 10.6 Å². The van der Waals surface area contributed by atoms with E-state index in [2.05, 4.69) is 6.58 Å². The number of Topliss-reactive ketones (excluding diaryl/α,β-unsaturated/α-hetero) is 1. The quantitative estimate of drug-likeness (QED) is 0.459. The van der Waals surface area contributed by atoms with Crippen molar-refractivity contribution in [3.8, 4) is 0 Å². The minimum absolute atomic E-state index is 0.0391. The first-order valence-corrected chi connectivity index (χ1v) is 10.7. The predicted molar refractivity (Wildman–Crippen MR) is 104 cm³/mol. The summed E-state index contributed by atoms with van der Waals surface area (Å²) in [6, 6.07) is 0. The molecule has 1 fully saturated rings. The Hall–Kier alpha value is -1.40. The summed E-state index contributed by atoms with van der Waals surface area (Å²) in [6.45, 7) is 4.23. The predicted octanol–water partition coefficient (Wildman–Crippen LogP) is 4.13. The molecule has 4 rings (SSSR count). The first-order chi connectivity index (χ1) is 12.2. The van der Waals surface area contributed by atoms with E-state index in [1.165, 1.54) is 35.0 Å². The SMILES string of the molecule is C=CCn1c(S[C@@H]2CCCC2=O)nc2sc3c(c2c1=O)CCCCC3. The van der Waals surface area contributed by atoms with Crippen LogP contribution in [-0.2, 0) is 24.2 Å². The van der Waals surface area contributed by atoms with Gasteiger partial charge >= 0.3 is 0 Å². The maximum atomic E-state index is 13.2. The van der Waals surface area contributed by atoms with Crippen LogP contribution in [0.3, 0.4) is 0 Å². The average Bonchev–Trinajstić information content (AvgIpc) is 3.07. The molecular formula is C19H22N2O2S2. The summed E-state index contributed by atoms with van der Waals surface area (Å²) in [5, 5.41) is 1.43. The van der Waals surface area contributed by atoms with Crippen LogP contribution in [0.15, 0.2) is 22.6 Å². The number of thiophene rings is 1. The third-order valence-corrected chi connectivity index (χ3v) is 7.59. The maximum Gasteiger partial charge on any atom is 0.263 e. The van der Waals surface area contributed by atoms with Gasteiger partial charge in [0.05, 0.1) is 10.6 Å². The van der Waals surface area contributed by atoms with Gasteiger partial charge in [-0.15, -0.1) is 17.9 Å². The minimum atomic E-state index is -0.0572. The third kappa shape index (κ3) is 3.10. The van der Waals surface area contributed by atoms with E-state index in [1.54, 1.807) is 22.0 Å². The van der Waals surface area contributed by atoms with Crippen LogP contribution >= 0.6 is 23.1 Å². The van der Waals surface area contributed by atoms with E-state index < -0.39 is 0 Å². The molecule has 4 nitrogen and oxygen atoms in total. The number of thioether (sulfide) groups is 1. The lowest BCUT2D eigenvalue weighted by molar-refractivity contribution is -0.116. The van der Waals surface area contributed by atoms with Gasteiger partial charge in [-0.1, -0.05) is 24.3 Å². The Balaban J connectivity index is 1.85. The Kier molecular flexibility index (Phi) is 4.82. The zero-order valence-corrected chi connectivity index (χ0v) is 15.9. The molecular weight excluding hydrogens is 352 g/mol. The van der Waals surface area contributed by atoms with Gasteiger partial charge in [0.15, 0.2) is 5.16 Å². The highest BCUT2D eigenvalue weighted by atomic mass is 32.2. The molecule has 0 N–H and O–H groups in total. The minimum Gasteiger partial charge on any atom is -0.298 e. The summed E-state index contributed by atoms with van der Waals surface area (Å²) in [6.07, 6.45) is 9.82. The van der Waals surface area contributed by atoms with Gasteiger partial charge < -0.3 is 0 Å². The largest absolute Gasteiger partial charge is 0.298 e. The summed E-state index contributed by atoms with van der Waals surface area (Å²) in [5.41, 5.74) is 1.26. The lowest BCUT2D eigenvalue weighted by Gasteiger charge is -2.13. The molecule has 2 aromatic heterocycles. The summed E-state index contributed by atoms with van der Waals surface area (Å²) in [4.78, 5) is 32.3. The molecule has 0 aliphatic heterocycles. The second-order valence-corrected chi connectivity index (χ2v) is 9.06. The number of carbonyl (C=O) groups is 1. The Bertz CT molecular complexity index is 897. The van der Waals surface area contributed by atoms with E-state index >= 15 is 0 Å². The zero-order valence-electron chi connectivity index (χ0n) is 14.3. The second-order valence-electron chi connectivity index (χ2n) is 6.81. The van der Waals surface area contributed by atoms with Crippen LogP contribution in [0.2, 0.25) is 0 Å². The van der Waals surface area contributed by atoms with Crippen LogP contribution in [0, 0.1) is 0 Å². The molecule has 2 aliphatic rings. The molecule has 2 aromatic rings. The van der Waals surface area contributed by atoms with Crippen LogP contribution < -0.4 is 5.56 Å². The highest BCUT2D eigenvalue weighted by Crippen LogP contribution is 2.36. The van der Waals surface area contributed by atoms with Crippen LogP contribution in [0.25, 0.3) is 10.2 Å². The first-order valence-electron chi connectivity index (χ1n) is 9.04. The molecule has 1 saturated carbocycles. The molecule has 0 unspecified atom stereocenters. The number of ketones is 1. The number of aryl methyl sites for hydroxylation is 2. The average molecular weight is 375 g/mol. The summed E-state index contributed by atoms with van der Waals surface area (Å²) < 4.78 is 1.71. The Labute approximate surface area is 155 Å². The van der Waals surface area contributed by atoms with Crippen molar-refractivity contribution in [1.82, 2.24) is 9.55 Å². The standard InChI is InChI=1S/C19H22N2O2S2/c1-2-11-21-18(23)16-12-7-4-3-5-9-14(12)24-17(16)20-19(21)25-15-10-6-8-13(15)22/h2,15H,1,3-11H2/t15-/m1/s1. The van der Waals surface area contributed by atoms with E-state index in [1.807, 2.05) is 0 Å². The number of hydrogen-bond acceptors (Lipinski definition) is 5. The van der Waals surface area contributed by atoms with Crippen LogP contribution in [0.1, 0.15) is 49.0 Å². The van der Waals surface area contributed by atoms with Crippen LogP contribution in [0.5, 0.6) is 0 Å². The van der Waals surface area contributed by atoms with Crippen molar-refractivity contribution in [3.63, 3.8) is 0 Å². The fourth-order valence-electron chi connectivity index (χ4n) is 3.81. The van der Waals surface area contributed by atoms with E-state index in [-0.39, 0.29) is 16.6 Å². The van der Waals surface area contributed by atoms with Crippen molar-refractivity contribution in [2.24, 2.45) is 0 Å². The molecule has 25 heavy (non-hydrogen) atoms. The smallest absolute Gasteiger partial charge is 0.263 e. The highest BCUT2D eigenvalue weighted by Gasteiger charge is 2.28. The number of allylic oxidation sites excluding steroid dienone is 1. The lowest BCUT2D eigenvalue weighted by Crippen LogP contribution is -2.24. The van der Waals surface area contributed by atoms with Crippen molar-refractivity contribution in [1.29, 1.82) is 0 Å². The van der Waals surface area contributed by atoms with Gasteiger partial charge in [0.25, 0.3) is 5.56 Å². The van der Waals surface area contributed by atoms with Crippen LogP contribution in [0.4, 0.5) is 0 Å². The van der Waals surface area contributed by atoms with Crippen molar-refractivity contribution < 1.29 is 4.79 Å². The fourth-order valence-corrected chi connectivity index (χ4v) is 6.34. The number of carbonyl (C=O) groups excluding carboxylic acids is 1. The van der Waals surface area contributed by atoms with E-state index in [0.29, 0.717) is 18.1 Å². The molecule has 0 saturated heterocycles. The van der Waals surface area contributed by atoms with E-state index in [9.17, 15) is 9.59 Å².